The second kappa shape index (κ2) is 8.53. The molecule has 7 heteroatoms. The van der Waals surface area contributed by atoms with Gasteiger partial charge in [0.15, 0.2) is 0 Å². The van der Waals surface area contributed by atoms with Gasteiger partial charge in [0, 0.05) is 59.0 Å². The molecule has 1 aliphatic heterocycles. The summed E-state index contributed by atoms with van der Waals surface area (Å²) in [5.41, 5.74) is 3.56. The van der Waals surface area contributed by atoms with E-state index < -0.39 is 0 Å². The van der Waals surface area contributed by atoms with Crippen molar-refractivity contribution in [2.75, 3.05) is 41.7 Å². The summed E-state index contributed by atoms with van der Waals surface area (Å²) < 4.78 is 0.997. The van der Waals surface area contributed by atoms with Crippen molar-refractivity contribution in [2.24, 2.45) is 0 Å². The molecule has 0 saturated carbocycles. The molecule has 0 radical (unpaired) electrons. The van der Waals surface area contributed by atoms with Gasteiger partial charge in [-0.3, -0.25) is 4.98 Å². The van der Waals surface area contributed by atoms with Gasteiger partial charge in [-0.25, -0.2) is 4.79 Å². The number of piperazine rings is 1. The molecule has 0 spiro atoms. The Kier molecular flexibility index (Phi) is 5.44. The van der Waals surface area contributed by atoms with Gasteiger partial charge in [0.25, 0.3) is 0 Å². The number of carbonyl (C=O) groups excluding carboxylic acids is 1. The van der Waals surface area contributed by atoms with Crippen LogP contribution < -0.4 is 20.9 Å². The Balaban J connectivity index is 1.40. The first-order valence-electron chi connectivity index (χ1n) is 10.3. The molecule has 2 amide bonds. The summed E-state index contributed by atoms with van der Waals surface area (Å²) in [6.07, 6.45) is 1.85. The zero-order valence-electron chi connectivity index (χ0n) is 16.9. The molecule has 0 aliphatic carbocycles. The molecule has 3 aromatic carbocycles. The van der Waals surface area contributed by atoms with Crippen molar-refractivity contribution in [1.29, 1.82) is 0 Å². The maximum absolute atomic E-state index is 12.8. The van der Waals surface area contributed by atoms with Crippen molar-refractivity contribution >= 4 is 60.7 Å². The molecular formula is C24H22BrN5O. The lowest BCUT2D eigenvalue weighted by Gasteiger charge is -2.30. The minimum absolute atomic E-state index is 0.278. The summed E-state index contributed by atoms with van der Waals surface area (Å²) in [6.45, 7) is 3.83. The average Bonchev–Trinajstić information content (AvgIpc) is 2.80. The minimum Gasteiger partial charge on any atom is -0.368 e. The van der Waals surface area contributed by atoms with Crippen molar-refractivity contribution in [3.8, 4) is 0 Å². The number of carbonyl (C=O) groups is 1. The zero-order valence-corrected chi connectivity index (χ0v) is 18.4. The van der Waals surface area contributed by atoms with Crippen molar-refractivity contribution in [1.82, 2.24) is 10.3 Å². The van der Waals surface area contributed by atoms with Crippen LogP contribution in [0.25, 0.3) is 21.7 Å². The van der Waals surface area contributed by atoms with Gasteiger partial charge in [-0.1, -0.05) is 40.2 Å². The number of benzene rings is 3. The number of halogens is 1. The van der Waals surface area contributed by atoms with E-state index in [1.807, 2.05) is 66.9 Å². The molecular weight excluding hydrogens is 454 g/mol. The molecule has 156 valence electrons. The molecule has 1 fully saturated rings. The van der Waals surface area contributed by atoms with Gasteiger partial charge < -0.3 is 20.9 Å². The summed E-state index contributed by atoms with van der Waals surface area (Å²) in [5, 5.41) is 12.4. The molecule has 1 aliphatic rings. The fourth-order valence-electron chi connectivity index (χ4n) is 4.06. The van der Waals surface area contributed by atoms with E-state index in [4.69, 9.17) is 0 Å². The van der Waals surface area contributed by atoms with Crippen molar-refractivity contribution < 1.29 is 4.79 Å². The maximum atomic E-state index is 12.8. The van der Waals surface area contributed by atoms with Crippen LogP contribution in [0.1, 0.15) is 0 Å². The van der Waals surface area contributed by atoms with Gasteiger partial charge in [-0.2, -0.15) is 0 Å². The zero-order chi connectivity index (χ0) is 21.2. The average molecular weight is 476 g/mol. The summed E-state index contributed by atoms with van der Waals surface area (Å²) >= 11 is 3.57. The number of hydrogen-bond acceptors (Lipinski definition) is 4. The molecule has 0 atom stereocenters. The maximum Gasteiger partial charge on any atom is 0.323 e. The molecule has 0 unspecified atom stereocenters. The Morgan fingerprint density at radius 2 is 1.74 bits per heavy atom. The lowest BCUT2D eigenvalue weighted by atomic mass is 10.1. The summed E-state index contributed by atoms with van der Waals surface area (Å²) in [7, 11) is 0. The Morgan fingerprint density at radius 1 is 0.935 bits per heavy atom. The molecule has 3 N–H and O–H groups in total. The topological polar surface area (TPSA) is 69.3 Å². The predicted octanol–water partition coefficient (Wildman–Crippen LogP) is 5.20. The Morgan fingerprint density at radius 3 is 2.61 bits per heavy atom. The highest BCUT2D eigenvalue weighted by atomic mass is 79.9. The smallest absolute Gasteiger partial charge is 0.323 e. The van der Waals surface area contributed by atoms with Crippen molar-refractivity contribution in [2.45, 2.75) is 0 Å². The number of amides is 2. The standard InChI is InChI=1S/C24H22BrN5O/c25-20-5-1-4-18-17(20)3-2-6-22(18)29-24(31)28-16-7-8-21-19(15-16)23(9-10-27-21)30-13-11-26-12-14-30/h1-10,15,26H,11-14H2,(H2,28,29,31). The third-order valence-electron chi connectivity index (χ3n) is 5.55. The van der Waals surface area contributed by atoms with Crippen LogP contribution in [0.4, 0.5) is 21.9 Å². The van der Waals surface area contributed by atoms with Crippen LogP contribution in [-0.4, -0.2) is 37.2 Å². The number of hydrogen-bond donors (Lipinski definition) is 3. The van der Waals surface area contributed by atoms with Gasteiger partial charge in [0.2, 0.25) is 0 Å². The van der Waals surface area contributed by atoms with Crippen LogP contribution >= 0.6 is 15.9 Å². The second-order valence-electron chi connectivity index (χ2n) is 7.52. The van der Waals surface area contributed by atoms with Crippen LogP contribution in [0.3, 0.4) is 0 Å². The van der Waals surface area contributed by atoms with E-state index in [1.54, 1.807) is 0 Å². The van der Waals surface area contributed by atoms with Crippen LogP contribution in [0.5, 0.6) is 0 Å². The molecule has 1 saturated heterocycles. The predicted molar refractivity (Wildman–Crippen MR) is 131 cm³/mol. The highest BCUT2D eigenvalue weighted by Crippen LogP contribution is 2.30. The largest absolute Gasteiger partial charge is 0.368 e. The fourth-order valence-corrected chi connectivity index (χ4v) is 4.55. The highest BCUT2D eigenvalue weighted by Gasteiger charge is 2.14. The van der Waals surface area contributed by atoms with E-state index in [0.29, 0.717) is 0 Å². The van der Waals surface area contributed by atoms with Crippen LogP contribution in [0, 0.1) is 0 Å². The number of nitrogens with zero attached hydrogens (tertiary/aromatic N) is 2. The normalized spacial score (nSPS) is 14.0. The van der Waals surface area contributed by atoms with Gasteiger partial charge in [-0.15, -0.1) is 0 Å². The monoisotopic (exact) mass is 475 g/mol. The first-order chi connectivity index (χ1) is 15.2. The number of urea groups is 1. The summed E-state index contributed by atoms with van der Waals surface area (Å²) in [5.74, 6) is 0. The van der Waals surface area contributed by atoms with Crippen LogP contribution in [-0.2, 0) is 0 Å². The Bertz CT molecular complexity index is 1270. The first-order valence-corrected chi connectivity index (χ1v) is 11.1. The lowest BCUT2D eigenvalue weighted by molar-refractivity contribution is 0.262. The third-order valence-corrected chi connectivity index (χ3v) is 6.24. The van der Waals surface area contributed by atoms with Crippen molar-refractivity contribution in [3.63, 3.8) is 0 Å². The van der Waals surface area contributed by atoms with Gasteiger partial charge in [0.05, 0.1) is 11.2 Å². The lowest BCUT2D eigenvalue weighted by Crippen LogP contribution is -2.43. The van der Waals surface area contributed by atoms with E-state index in [2.05, 4.69) is 41.8 Å². The Labute approximate surface area is 188 Å². The van der Waals surface area contributed by atoms with Gasteiger partial charge in [-0.05, 0) is 41.8 Å². The number of aromatic nitrogens is 1. The molecule has 31 heavy (non-hydrogen) atoms. The van der Waals surface area contributed by atoms with E-state index in [0.717, 1.165) is 69.4 Å². The molecule has 6 nitrogen and oxygen atoms in total. The van der Waals surface area contributed by atoms with Gasteiger partial charge >= 0.3 is 6.03 Å². The third kappa shape index (κ3) is 4.06. The number of nitrogens with one attached hydrogen (secondary N) is 3. The molecule has 5 rings (SSSR count). The van der Waals surface area contributed by atoms with E-state index in [-0.39, 0.29) is 6.03 Å². The molecule has 0 bridgehead atoms. The highest BCUT2D eigenvalue weighted by molar-refractivity contribution is 9.10. The number of fused-ring (bicyclic) bond motifs is 2. The minimum atomic E-state index is -0.278. The number of anilines is 3. The molecule has 2 heterocycles. The second-order valence-corrected chi connectivity index (χ2v) is 8.37. The molecule has 4 aromatic rings. The number of pyridine rings is 1. The van der Waals surface area contributed by atoms with Crippen molar-refractivity contribution in [3.05, 3.63) is 71.3 Å². The number of rotatable bonds is 3. The fraction of sp³-hybridized carbons (Fsp3) is 0.167. The SMILES string of the molecule is O=C(Nc1ccc2nccc(N3CCNCC3)c2c1)Nc1cccc2c(Br)cccc12. The van der Waals surface area contributed by atoms with Crippen LogP contribution in [0.15, 0.2) is 71.3 Å². The first kappa shape index (κ1) is 19.8. The van der Waals surface area contributed by atoms with E-state index in [1.165, 1.54) is 0 Å². The summed E-state index contributed by atoms with van der Waals surface area (Å²) in [4.78, 5) is 19.6. The van der Waals surface area contributed by atoms with E-state index >= 15 is 0 Å². The van der Waals surface area contributed by atoms with E-state index in [9.17, 15) is 4.79 Å². The van der Waals surface area contributed by atoms with Crippen LogP contribution in [0.2, 0.25) is 0 Å². The quantitative estimate of drug-likeness (QED) is 0.380. The molecule has 1 aromatic heterocycles. The van der Waals surface area contributed by atoms with Gasteiger partial charge in [0.1, 0.15) is 0 Å². The Hall–Kier alpha value is -3.16. The summed E-state index contributed by atoms with van der Waals surface area (Å²) in [6, 6.07) is 19.4.